The number of hydrogen-bond donors (Lipinski definition) is 1. The van der Waals surface area contributed by atoms with Gasteiger partial charge in [0.15, 0.2) is 5.54 Å². The maximum atomic E-state index is 13.2. The molecule has 1 spiro atoms. The van der Waals surface area contributed by atoms with Crippen LogP contribution in [0.1, 0.15) is 23.1 Å². The Morgan fingerprint density at radius 2 is 1.78 bits per heavy atom. The molecule has 4 rings (SSSR count). The number of alkyl halides is 3. The highest BCUT2D eigenvalue weighted by Crippen LogP contribution is 2.42. The van der Waals surface area contributed by atoms with Crippen molar-refractivity contribution in [2.75, 3.05) is 6.61 Å². The molecule has 2 aromatic rings. The van der Waals surface area contributed by atoms with Crippen molar-refractivity contribution < 1.29 is 27.5 Å². The van der Waals surface area contributed by atoms with Crippen LogP contribution in [-0.4, -0.2) is 23.4 Å². The minimum Gasteiger partial charge on any atom is -0.493 e. The van der Waals surface area contributed by atoms with Gasteiger partial charge in [-0.25, -0.2) is 4.79 Å². The molecular formula is C19H15F3N2O3. The molecule has 2 heterocycles. The Balaban J connectivity index is 1.71. The lowest BCUT2D eigenvalue weighted by Crippen LogP contribution is -2.47. The van der Waals surface area contributed by atoms with E-state index in [1.165, 1.54) is 18.2 Å². The van der Waals surface area contributed by atoms with Crippen LogP contribution in [0.2, 0.25) is 0 Å². The van der Waals surface area contributed by atoms with Gasteiger partial charge in [-0.3, -0.25) is 9.69 Å². The Morgan fingerprint density at radius 3 is 2.56 bits per heavy atom. The van der Waals surface area contributed by atoms with Gasteiger partial charge >= 0.3 is 12.2 Å². The maximum absolute atomic E-state index is 13.2. The summed E-state index contributed by atoms with van der Waals surface area (Å²) in [5.41, 5.74) is -1.79. The van der Waals surface area contributed by atoms with Crippen LogP contribution in [0.3, 0.4) is 0 Å². The standard InChI is InChI=1S/C19H15F3N2O3/c20-19(21,22)13-6-2-1-5-12(13)11-24-16(25)18(23-17(24)26)9-10-27-15-8-4-3-7-14(15)18/h1-8H,9-11H2,(H,23,26). The summed E-state index contributed by atoms with van der Waals surface area (Å²) in [6.07, 6.45) is -4.36. The van der Waals surface area contributed by atoms with E-state index in [9.17, 15) is 22.8 Å². The largest absolute Gasteiger partial charge is 0.493 e. The second-order valence-corrected chi connectivity index (χ2v) is 6.48. The molecule has 2 aliphatic rings. The number of carbonyl (C=O) groups excluding carboxylic acids is 2. The first-order valence-electron chi connectivity index (χ1n) is 8.34. The second-order valence-electron chi connectivity index (χ2n) is 6.48. The van der Waals surface area contributed by atoms with E-state index in [2.05, 4.69) is 5.32 Å². The smallest absolute Gasteiger partial charge is 0.416 e. The number of ether oxygens (including phenoxy) is 1. The van der Waals surface area contributed by atoms with Crippen molar-refractivity contribution in [2.45, 2.75) is 24.7 Å². The number of fused-ring (bicyclic) bond motifs is 2. The van der Waals surface area contributed by atoms with E-state index in [0.717, 1.165) is 11.0 Å². The summed E-state index contributed by atoms with van der Waals surface area (Å²) in [6, 6.07) is 11.1. The minimum absolute atomic E-state index is 0.133. The number of rotatable bonds is 2. The first kappa shape index (κ1) is 17.4. The Bertz CT molecular complexity index is 928. The fourth-order valence-corrected chi connectivity index (χ4v) is 3.62. The molecule has 140 valence electrons. The van der Waals surface area contributed by atoms with Crippen molar-refractivity contribution in [3.63, 3.8) is 0 Å². The van der Waals surface area contributed by atoms with E-state index in [1.54, 1.807) is 24.3 Å². The fraction of sp³-hybridized carbons (Fsp3) is 0.263. The zero-order valence-electron chi connectivity index (χ0n) is 14.0. The van der Waals surface area contributed by atoms with Crippen molar-refractivity contribution in [1.29, 1.82) is 0 Å². The summed E-state index contributed by atoms with van der Waals surface area (Å²) < 4.78 is 45.3. The molecule has 0 bridgehead atoms. The van der Waals surface area contributed by atoms with Gasteiger partial charge < -0.3 is 10.1 Å². The molecule has 2 aliphatic heterocycles. The molecule has 27 heavy (non-hydrogen) atoms. The fourth-order valence-electron chi connectivity index (χ4n) is 3.62. The zero-order chi connectivity index (χ0) is 19.2. The van der Waals surface area contributed by atoms with Gasteiger partial charge in [0.05, 0.1) is 18.7 Å². The molecule has 3 amide bonds. The number of nitrogens with zero attached hydrogens (tertiary/aromatic N) is 1. The average molecular weight is 376 g/mol. The Morgan fingerprint density at radius 1 is 1.07 bits per heavy atom. The van der Waals surface area contributed by atoms with Gasteiger partial charge in [-0.2, -0.15) is 13.2 Å². The predicted molar refractivity (Wildman–Crippen MR) is 88.8 cm³/mol. The number of nitrogens with one attached hydrogen (secondary N) is 1. The van der Waals surface area contributed by atoms with Gasteiger partial charge in [-0.1, -0.05) is 36.4 Å². The third-order valence-electron chi connectivity index (χ3n) is 4.91. The number of urea groups is 1. The Labute approximate surface area is 152 Å². The summed E-state index contributed by atoms with van der Waals surface area (Å²) in [5.74, 6) is -0.0878. The summed E-state index contributed by atoms with van der Waals surface area (Å²) in [6.45, 7) is -0.235. The molecule has 1 saturated heterocycles. The van der Waals surface area contributed by atoms with Gasteiger partial charge in [0.1, 0.15) is 5.75 Å². The summed E-state index contributed by atoms with van der Waals surface area (Å²) in [4.78, 5) is 26.5. The highest BCUT2D eigenvalue weighted by atomic mass is 19.4. The molecule has 1 unspecified atom stereocenters. The number of hydrogen-bond acceptors (Lipinski definition) is 3. The molecular weight excluding hydrogens is 361 g/mol. The van der Waals surface area contributed by atoms with E-state index in [1.807, 2.05) is 0 Å². The number of amides is 3. The number of imide groups is 1. The van der Waals surface area contributed by atoms with Crippen molar-refractivity contribution in [3.8, 4) is 5.75 Å². The van der Waals surface area contributed by atoms with E-state index in [-0.39, 0.29) is 18.6 Å². The zero-order valence-corrected chi connectivity index (χ0v) is 14.0. The van der Waals surface area contributed by atoms with Crippen molar-refractivity contribution in [1.82, 2.24) is 10.2 Å². The molecule has 2 aromatic carbocycles. The lowest BCUT2D eigenvalue weighted by molar-refractivity contribution is -0.139. The number of benzene rings is 2. The second kappa shape index (κ2) is 6.00. The molecule has 1 fully saturated rings. The number of carbonyl (C=O) groups is 2. The Hall–Kier alpha value is -3.03. The van der Waals surface area contributed by atoms with Gasteiger partial charge in [-0.15, -0.1) is 0 Å². The highest BCUT2D eigenvalue weighted by molar-refractivity contribution is 6.07. The molecule has 0 saturated carbocycles. The van der Waals surface area contributed by atoms with Crippen LogP contribution in [0.4, 0.5) is 18.0 Å². The normalized spacial score (nSPS) is 21.8. The molecule has 5 nitrogen and oxygen atoms in total. The van der Waals surface area contributed by atoms with Gasteiger partial charge in [0, 0.05) is 12.0 Å². The first-order chi connectivity index (χ1) is 12.8. The van der Waals surface area contributed by atoms with E-state index in [0.29, 0.717) is 11.3 Å². The Kier molecular flexibility index (Phi) is 3.87. The van der Waals surface area contributed by atoms with Crippen LogP contribution in [-0.2, 0) is 23.1 Å². The van der Waals surface area contributed by atoms with Crippen LogP contribution >= 0.6 is 0 Å². The topological polar surface area (TPSA) is 58.6 Å². The van der Waals surface area contributed by atoms with Crippen LogP contribution < -0.4 is 10.1 Å². The predicted octanol–water partition coefficient (Wildman–Crippen LogP) is 3.44. The van der Waals surface area contributed by atoms with Gasteiger partial charge in [0.25, 0.3) is 5.91 Å². The molecule has 8 heteroatoms. The van der Waals surface area contributed by atoms with Crippen molar-refractivity contribution in [2.24, 2.45) is 0 Å². The summed E-state index contributed by atoms with van der Waals surface area (Å²) >= 11 is 0. The molecule has 1 N–H and O–H groups in total. The summed E-state index contributed by atoms with van der Waals surface area (Å²) in [7, 11) is 0. The third kappa shape index (κ3) is 2.72. The van der Waals surface area contributed by atoms with Crippen LogP contribution in [0.5, 0.6) is 5.75 Å². The molecule has 1 atom stereocenters. The molecule has 0 radical (unpaired) electrons. The minimum atomic E-state index is -4.57. The summed E-state index contributed by atoms with van der Waals surface area (Å²) in [5, 5.41) is 2.68. The first-order valence-corrected chi connectivity index (χ1v) is 8.34. The van der Waals surface area contributed by atoms with Crippen LogP contribution in [0, 0.1) is 0 Å². The van der Waals surface area contributed by atoms with Crippen LogP contribution in [0.25, 0.3) is 0 Å². The van der Waals surface area contributed by atoms with E-state index in [4.69, 9.17) is 4.74 Å². The van der Waals surface area contributed by atoms with Crippen molar-refractivity contribution in [3.05, 3.63) is 65.2 Å². The third-order valence-corrected chi connectivity index (χ3v) is 4.91. The van der Waals surface area contributed by atoms with Gasteiger partial charge in [0.2, 0.25) is 0 Å². The lowest BCUT2D eigenvalue weighted by atomic mass is 9.84. The SMILES string of the molecule is O=C1NC2(CCOc3ccccc32)C(=O)N1Cc1ccccc1C(F)(F)F. The lowest BCUT2D eigenvalue weighted by Gasteiger charge is -2.33. The average Bonchev–Trinajstić information content (AvgIpc) is 2.87. The quantitative estimate of drug-likeness (QED) is 0.817. The van der Waals surface area contributed by atoms with Crippen molar-refractivity contribution >= 4 is 11.9 Å². The molecule has 0 aliphatic carbocycles. The van der Waals surface area contributed by atoms with E-state index < -0.39 is 35.8 Å². The number of para-hydroxylation sites is 1. The highest BCUT2D eigenvalue weighted by Gasteiger charge is 2.55. The van der Waals surface area contributed by atoms with E-state index >= 15 is 0 Å². The van der Waals surface area contributed by atoms with Crippen LogP contribution in [0.15, 0.2) is 48.5 Å². The molecule has 0 aromatic heterocycles. The monoisotopic (exact) mass is 376 g/mol. The number of halogens is 3. The maximum Gasteiger partial charge on any atom is 0.416 e. The van der Waals surface area contributed by atoms with Gasteiger partial charge in [-0.05, 0) is 17.7 Å².